The molecule has 0 saturated carbocycles. The minimum Gasteiger partial charge on any atom is -0.301 e. The van der Waals surface area contributed by atoms with Crippen molar-refractivity contribution in [3.05, 3.63) is 58.4 Å². The first-order chi connectivity index (χ1) is 9.70. The first-order valence-corrected chi connectivity index (χ1v) is 6.66. The van der Waals surface area contributed by atoms with Gasteiger partial charge in [0.2, 0.25) is 0 Å². The average molecular weight is 268 g/mol. The van der Waals surface area contributed by atoms with Crippen molar-refractivity contribution in [2.45, 2.75) is 26.9 Å². The Bertz CT molecular complexity index is 816. The summed E-state index contributed by atoms with van der Waals surface area (Å²) in [5.41, 5.74) is 1.92. The predicted octanol–water partition coefficient (Wildman–Crippen LogP) is 1.97. The van der Waals surface area contributed by atoms with Crippen molar-refractivity contribution >= 4 is 10.9 Å². The Morgan fingerprint density at radius 1 is 1.25 bits per heavy atom. The number of nitrogens with zero attached hydrogens (tertiary/aromatic N) is 4. The van der Waals surface area contributed by atoms with Gasteiger partial charge in [0.1, 0.15) is 12.2 Å². The van der Waals surface area contributed by atoms with Crippen molar-refractivity contribution < 1.29 is 0 Å². The highest BCUT2D eigenvalue weighted by Gasteiger charge is 2.09. The van der Waals surface area contributed by atoms with Gasteiger partial charge in [0.15, 0.2) is 0 Å². The van der Waals surface area contributed by atoms with E-state index in [1.807, 2.05) is 38.1 Å². The molecule has 0 saturated heterocycles. The van der Waals surface area contributed by atoms with Gasteiger partial charge in [-0.25, -0.2) is 9.67 Å². The quantitative estimate of drug-likeness (QED) is 0.729. The highest BCUT2D eigenvalue weighted by Crippen LogP contribution is 2.16. The molecule has 5 heteroatoms. The molecule has 0 aliphatic carbocycles. The van der Waals surface area contributed by atoms with Gasteiger partial charge in [-0.05, 0) is 25.5 Å². The number of hydrogen-bond donors (Lipinski definition) is 0. The van der Waals surface area contributed by atoms with Crippen LogP contribution >= 0.6 is 0 Å². The third kappa shape index (κ3) is 2.01. The lowest BCUT2D eigenvalue weighted by atomic mass is 10.1. The van der Waals surface area contributed by atoms with E-state index in [-0.39, 0.29) is 5.56 Å². The predicted molar refractivity (Wildman–Crippen MR) is 77.7 cm³/mol. The van der Waals surface area contributed by atoms with Gasteiger partial charge in [-0.2, -0.15) is 5.10 Å². The van der Waals surface area contributed by atoms with Crippen LogP contribution in [0.5, 0.6) is 0 Å². The molecule has 3 aromatic rings. The molecule has 1 aromatic carbocycles. The summed E-state index contributed by atoms with van der Waals surface area (Å²) < 4.78 is 3.56. The van der Waals surface area contributed by atoms with Crippen LogP contribution in [0.2, 0.25) is 0 Å². The van der Waals surface area contributed by atoms with Crippen LogP contribution in [0.15, 0.2) is 41.5 Å². The third-order valence-electron chi connectivity index (χ3n) is 3.52. The molecule has 0 radical (unpaired) electrons. The van der Waals surface area contributed by atoms with E-state index in [0.717, 1.165) is 28.8 Å². The molecule has 0 amide bonds. The Morgan fingerprint density at radius 2 is 2.05 bits per heavy atom. The molecule has 0 fully saturated rings. The number of rotatable bonds is 3. The Balaban J connectivity index is 2.19. The Hall–Kier alpha value is -2.43. The molecule has 2 heterocycles. The molecule has 0 unspecified atom stereocenters. The van der Waals surface area contributed by atoms with Gasteiger partial charge in [0.25, 0.3) is 5.56 Å². The lowest BCUT2D eigenvalue weighted by Gasteiger charge is -2.11. The lowest BCUT2D eigenvalue weighted by molar-refractivity contribution is 0.592. The summed E-state index contributed by atoms with van der Waals surface area (Å²) in [6.07, 6.45) is 1.53. The maximum atomic E-state index is 12.3. The number of aryl methyl sites for hydroxylation is 2. The minimum absolute atomic E-state index is 0.00754. The molecule has 0 spiro atoms. The number of fused-ring (bicyclic) bond motifs is 1. The molecule has 0 N–H and O–H groups in total. The van der Waals surface area contributed by atoms with Crippen molar-refractivity contribution in [3.8, 4) is 0 Å². The third-order valence-corrected chi connectivity index (χ3v) is 3.52. The molecule has 2 aromatic heterocycles. The monoisotopic (exact) mass is 268 g/mol. The molecule has 0 aliphatic rings. The first-order valence-electron chi connectivity index (χ1n) is 6.66. The van der Waals surface area contributed by atoms with E-state index in [2.05, 4.69) is 10.1 Å². The molecule has 102 valence electrons. The second kappa shape index (κ2) is 4.92. The molecule has 3 rings (SSSR count). The molecule has 0 bridgehead atoms. The largest absolute Gasteiger partial charge is 0.301 e. The highest BCUT2D eigenvalue weighted by atomic mass is 16.1. The number of para-hydroxylation sites is 1. The van der Waals surface area contributed by atoms with Crippen molar-refractivity contribution in [1.29, 1.82) is 0 Å². The Morgan fingerprint density at radius 3 is 2.85 bits per heavy atom. The summed E-state index contributed by atoms with van der Waals surface area (Å²) in [4.78, 5) is 16.5. The van der Waals surface area contributed by atoms with E-state index < -0.39 is 0 Å². The minimum atomic E-state index is -0.00754. The normalized spacial score (nSPS) is 11.1. The van der Waals surface area contributed by atoms with Crippen molar-refractivity contribution in [2.75, 3.05) is 0 Å². The van der Waals surface area contributed by atoms with E-state index in [9.17, 15) is 4.79 Å². The number of pyridine rings is 1. The fourth-order valence-corrected chi connectivity index (χ4v) is 2.48. The van der Waals surface area contributed by atoms with Gasteiger partial charge in [0.05, 0.1) is 12.1 Å². The van der Waals surface area contributed by atoms with Crippen molar-refractivity contribution in [2.24, 2.45) is 0 Å². The van der Waals surface area contributed by atoms with E-state index in [0.29, 0.717) is 6.54 Å². The van der Waals surface area contributed by atoms with E-state index in [1.54, 1.807) is 15.3 Å². The fourth-order valence-electron chi connectivity index (χ4n) is 2.48. The summed E-state index contributed by atoms with van der Waals surface area (Å²) >= 11 is 0. The van der Waals surface area contributed by atoms with Crippen molar-refractivity contribution in [1.82, 2.24) is 19.3 Å². The molecule has 20 heavy (non-hydrogen) atoms. The van der Waals surface area contributed by atoms with Crippen LogP contribution in [0, 0.1) is 6.92 Å². The van der Waals surface area contributed by atoms with Crippen LogP contribution in [-0.2, 0) is 13.1 Å². The van der Waals surface area contributed by atoms with E-state index in [4.69, 9.17) is 0 Å². The van der Waals surface area contributed by atoms with E-state index in [1.165, 1.54) is 6.33 Å². The number of benzene rings is 1. The molecule has 0 atom stereocenters. The maximum Gasteiger partial charge on any atom is 0.251 e. The summed E-state index contributed by atoms with van der Waals surface area (Å²) in [6.45, 7) is 5.15. The molecule has 0 aliphatic heterocycles. The van der Waals surface area contributed by atoms with E-state index >= 15 is 0 Å². The summed E-state index contributed by atoms with van der Waals surface area (Å²) in [6, 6.07) is 9.61. The summed E-state index contributed by atoms with van der Waals surface area (Å²) in [7, 11) is 0. The Labute approximate surface area is 116 Å². The van der Waals surface area contributed by atoms with Crippen LogP contribution < -0.4 is 5.56 Å². The zero-order chi connectivity index (χ0) is 14.1. The molecular formula is C15H16N4O. The second-order valence-electron chi connectivity index (χ2n) is 4.76. The maximum absolute atomic E-state index is 12.3. The van der Waals surface area contributed by atoms with Gasteiger partial charge in [-0.1, -0.05) is 18.2 Å². The highest BCUT2D eigenvalue weighted by molar-refractivity contribution is 5.82. The topological polar surface area (TPSA) is 52.7 Å². The van der Waals surface area contributed by atoms with Crippen molar-refractivity contribution in [3.63, 3.8) is 0 Å². The van der Waals surface area contributed by atoms with Crippen LogP contribution in [0.1, 0.15) is 18.3 Å². The first kappa shape index (κ1) is 12.6. The van der Waals surface area contributed by atoms with Gasteiger partial charge in [-0.3, -0.25) is 4.79 Å². The second-order valence-corrected chi connectivity index (χ2v) is 4.76. The fraction of sp³-hybridized carbons (Fsp3) is 0.267. The lowest BCUT2D eigenvalue weighted by Crippen LogP contribution is -2.22. The van der Waals surface area contributed by atoms with Gasteiger partial charge < -0.3 is 4.57 Å². The summed E-state index contributed by atoms with van der Waals surface area (Å²) in [5, 5.41) is 5.24. The zero-order valence-electron chi connectivity index (χ0n) is 11.6. The average Bonchev–Trinajstić information content (AvgIpc) is 2.90. The van der Waals surface area contributed by atoms with Crippen LogP contribution in [0.25, 0.3) is 10.9 Å². The SMILES string of the molecule is CCn1ncnc1Cn1c(=O)cc(C)c2ccccc21. The van der Waals surface area contributed by atoms with Crippen LogP contribution in [0.3, 0.4) is 0 Å². The van der Waals surface area contributed by atoms with Gasteiger partial charge in [-0.15, -0.1) is 0 Å². The van der Waals surface area contributed by atoms with Crippen LogP contribution in [-0.4, -0.2) is 19.3 Å². The molecular weight excluding hydrogens is 252 g/mol. The molecule has 5 nitrogen and oxygen atoms in total. The number of aromatic nitrogens is 4. The zero-order valence-corrected chi connectivity index (χ0v) is 11.6. The van der Waals surface area contributed by atoms with Crippen LogP contribution in [0.4, 0.5) is 0 Å². The smallest absolute Gasteiger partial charge is 0.251 e. The van der Waals surface area contributed by atoms with Gasteiger partial charge >= 0.3 is 0 Å². The Kier molecular flexibility index (Phi) is 3.10. The van der Waals surface area contributed by atoms with Gasteiger partial charge in [0, 0.05) is 18.0 Å². The summed E-state index contributed by atoms with van der Waals surface area (Å²) in [5.74, 6) is 0.795. The standard InChI is InChI=1S/C15H16N4O/c1-3-19-14(16-10-17-19)9-18-13-7-5-4-6-12(13)11(2)8-15(18)20/h4-8,10H,3,9H2,1-2H3. The number of hydrogen-bond acceptors (Lipinski definition) is 3.